The van der Waals surface area contributed by atoms with E-state index in [0.29, 0.717) is 5.92 Å². The van der Waals surface area contributed by atoms with Crippen molar-refractivity contribution in [1.29, 1.82) is 0 Å². The summed E-state index contributed by atoms with van der Waals surface area (Å²) in [4.78, 5) is 7.20. The van der Waals surface area contributed by atoms with E-state index < -0.39 is 0 Å². The fourth-order valence-electron chi connectivity index (χ4n) is 3.11. The molecule has 1 aromatic heterocycles. The maximum atomic E-state index is 4.74. The van der Waals surface area contributed by atoms with E-state index in [1.165, 1.54) is 36.2 Å². The third-order valence-electron chi connectivity index (χ3n) is 4.48. The standard InChI is InChI=1S/C18H31N3/c1-5-16-6-8-21(9-7-16)18-15(4)10-17(13-20-18)12-19-11-14(2)3/h10,13-14,16,19H,5-9,11-12H2,1-4H3. The molecule has 0 spiro atoms. The highest BCUT2D eigenvalue weighted by atomic mass is 15.2. The van der Waals surface area contributed by atoms with Crippen LogP contribution in [0.4, 0.5) is 5.82 Å². The number of nitrogens with one attached hydrogen (secondary N) is 1. The molecule has 0 aliphatic carbocycles. The van der Waals surface area contributed by atoms with Gasteiger partial charge in [0.1, 0.15) is 5.82 Å². The average Bonchev–Trinajstić information content (AvgIpc) is 2.47. The molecule has 1 aliphatic heterocycles. The molecule has 2 rings (SSSR count). The molecule has 0 saturated carbocycles. The molecule has 2 heterocycles. The lowest BCUT2D eigenvalue weighted by Crippen LogP contribution is -2.34. The summed E-state index contributed by atoms with van der Waals surface area (Å²) in [7, 11) is 0. The van der Waals surface area contributed by atoms with Crippen molar-refractivity contribution < 1.29 is 0 Å². The van der Waals surface area contributed by atoms with Crippen LogP contribution in [0.25, 0.3) is 0 Å². The molecule has 3 nitrogen and oxygen atoms in total. The smallest absolute Gasteiger partial charge is 0.131 e. The zero-order valence-electron chi connectivity index (χ0n) is 14.2. The molecule has 0 amide bonds. The number of nitrogens with zero attached hydrogens (tertiary/aromatic N) is 2. The monoisotopic (exact) mass is 289 g/mol. The van der Waals surface area contributed by atoms with Gasteiger partial charge in [0.05, 0.1) is 0 Å². The van der Waals surface area contributed by atoms with E-state index in [2.05, 4.69) is 44.0 Å². The van der Waals surface area contributed by atoms with E-state index in [1.807, 2.05) is 6.20 Å². The summed E-state index contributed by atoms with van der Waals surface area (Å²) in [6.07, 6.45) is 5.99. The molecule has 21 heavy (non-hydrogen) atoms. The lowest BCUT2D eigenvalue weighted by molar-refractivity contribution is 0.393. The van der Waals surface area contributed by atoms with Gasteiger partial charge in [-0.15, -0.1) is 0 Å². The molecule has 1 fully saturated rings. The molecule has 1 aliphatic rings. The van der Waals surface area contributed by atoms with E-state index in [0.717, 1.165) is 32.1 Å². The first kappa shape index (κ1) is 16.3. The second-order valence-corrected chi connectivity index (χ2v) is 6.85. The summed E-state index contributed by atoms with van der Waals surface area (Å²) < 4.78 is 0. The van der Waals surface area contributed by atoms with Crippen molar-refractivity contribution >= 4 is 5.82 Å². The summed E-state index contributed by atoms with van der Waals surface area (Å²) in [5, 5.41) is 3.49. The van der Waals surface area contributed by atoms with Crippen molar-refractivity contribution in [2.45, 2.75) is 53.5 Å². The van der Waals surface area contributed by atoms with Gasteiger partial charge in [0.2, 0.25) is 0 Å². The molecule has 0 aromatic carbocycles. The van der Waals surface area contributed by atoms with Crippen molar-refractivity contribution in [3.05, 3.63) is 23.4 Å². The van der Waals surface area contributed by atoms with Gasteiger partial charge in [0, 0.05) is 25.8 Å². The maximum absolute atomic E-state index is 4.74. The normalized spacial score (nSPS) is 16.7. The number of hydrogen-bond donors (Lipinski definition) is 1. The molecule has 0 atom stereocenters. The first-order valence-corrected chi connectivity index (χ1v) is 8.51. The third kappa shape index (κ3) is 4.70. The van der Waals surface area contributed by atoms with Gasteiger partial charge in [0.15, 0.2) is 0 Å². The third-order valence-corrected chi connectivity index (χ3v) is 4.48. The predicted octanol–water partition coefficient (Wildman–Crippen LogP) is 3.76. The summed E-state index contributed by atoms with van der Waals surface area (Å²) >= 11 is 0. The Kier molecular flexibility index (Phi) is 6.04. The van der Waals surface area contributed by atoms with Gasteiger partial charge in [-0.25, -0.2) is 4.98 Å². The lowest BCUT2D eigenvalue weighted by Gasteiger charge is -2.33. The van der Waals surface area contributed by atoms with Crippen LogP contribution < -0.4 is 10.2 Å². The van der Waals surface area contributed by atoms with Crippen LogP contribution in [-0.4, -0.2) is 24.6 Å². The quantitative estimate of drug-likeness (QED) is 0.864. The fourth-order valence-corrected chi connectivity index (χ4v) is 3.11. The highest BCUT2D eigenvalue weighted by molar-refractivity contribution is 5.47. The van der Waals surface area contributed by atoms with Crippen molar-refractivity contribution in [2.24, 2.45) is 11.8 Å². The van der Waals surface area contributed by atoms with Crippen molar-refractivity contribution in [1.82, 2.24) is 10.3 Å². The van der Waals surface area contributed by atoms with Gasteiger partial charge >= 0.3 is 0 Å². The van der Waals surface area contributed by atoms with Crippen LogP contribution in [-0.2, 0) is 6.54 Å². The number of anilines is 1. The first-order valence-electron chi connectivity index (χ1n) is 8.51. The first-order chi connectivity index (χ1) is 10.1. The van der Waals surface area contributed by atoms with E-state index in [4.69, 9.17) is 4.98 Å². The minimum atomic E-state index is 0.693. The van der Waals surface area contributed by atoms with Gasteiger partial charge in [-0.3, -0.25) is 0 Å². The molecule has 0 bridgehead atoms. The largest absolute Gasteiger partial charge is 0.356 e. The number of pyridine rings is 1. The molecule has 1 aromatic rings. The Hall–Kier alpha value is -1.09. The van der Waals surface area contributed by atoms with Crippen molar-refractivity contribution in [2.75, 3.05) is 24.5 Å². The van der Waals surface area contributed by atoms with E-state index in [9.17, 15) is 0 Å². The number of aromatic nitrogens is 1. The van der Waals surface area contributed by atoms with Crippen LogP contribution in [0.5, 0.6) is 0 Å². The van der Waals surface area contributed by atoms with Gasteiger partial charge in [-0.2, -0.15) is 0 Å². The van der Waals surface area contributed by atoms with Crippen LogP contribution in [0.1, 0.15) is 51.2 Å². The number of piperidine rings is 1. The molecule has 1 saturated heterocycles. The Bertz CT molecular complexity index is 434. The van der Waals surface area contributed by atoms with E-state index in [1.54, 1.807) is 0 Å². The summed E-state index contributed by atoms with van der Waals surface area (Å²) in [6, 6.07) is 2.29. The van der Waals surface area contributed by atoms with Gasteiger partial charge in [0.25, 0.3) is 0 Å². The minimum Gasteiger partial charge on any atom is -0.356 e. The van der Waals surface area contributed by atoms with Crippen LogP contribution in [0.15, 0.2) is 12.3 Å². The van der Waals surface area contributed by atoms with E-state index in [-0.39, 0.29) is 0 Å². The Morgan fingerprint density at radius 3 is 2.62 bits per heavy atom. The Labute approximate surface area is 130 Å². The predicted molar refractivity (Wildman–Crippen MR) is 90.7 cm³/mol. The van der Waals surface area contributed by atoms with Crippen LogP contribution in [0, 0.1) is 18.8 Å². The lowest BCUT2D eigenvalue weighted by atomic mass is 9.94. The zero-order valence-corrected chi connectivity index (χ0v) is 14.2. The zero-order chi connectivity index (χ0) is 15.2. The van der Waals surface area contributed by atoms with Crippen LogP contribution in [0.3, 0.4) is 0 Å². The minimum absolute atomic E-state index is 0.693. The summed E-state index contributed by atoms with van der Waals surface area (Å²) in [6.45, 7) is 13.3. The Balaban J connectivity index is 1.93. The molecule has 118 valence electrons. The van der Waals surface area contributed by atoms with Crippen molar-refractivity contribution in [3.8, 4) is 0 Å². The average molecular weight is 289 g/mol. The Morgan fingerprint density at radius 2 is 2.05 bits per heavy atom. The molecule has 0 unspecified atom stereocenters. The number of hydrogen-bond acceptors (Lipinski definition) is 3. The summed E-state index contributed by atoms with van der Waals surface area (Å²) in [5.41, 5.74) is 2.61. The number of aryl methyl sites for hydroxylation is 1. The van der Waals surface area contributed by atoms with Gasteiger partial charge < -0.3 is 10.2 Å². The second kappa shape index (κ2) is 7.79. The van der Waals surface area contributed by atoms with Crippen LogP contribution >= 0.6 is 0 Å². The van der Waals surface area contributed by atoms with E-state index >= 15 is 0 Å². The van der Waals surface area contributed by atoms with Crippen molar-refractivity contribution in [3.63, 3.8) is 0 Å². The maximum Gasteiger partial charge on any atom is 0.131 e. The Morgan fingerprint density at radius 1 is 1.33 bits per heavy atom. The topological polar surface area (TPSA) is 28.2 Å². The van der Waals surface area contributed by atoms with Gasteiger partial charge in [-0.05, 0) is 55.3 Å². The molecule has 1 N–H and O–H groups in total. The highest BCUT2D eigenvalue weighted by Gasteiger charge is 2.19. The molecular weight excluding hydrogens is 258 g/mol. The SMILES string of the molecule is CCC1CCN(c2ncc(CNCC(C)C)cc2C)CC1. The molecular formula is C18H31N3. The second-order valence-electron chi connectivity index (χ2n) is 6.85. The number of rotatable bonds is 6. The summed E-state index contributed by atoms with van der Waals surface area (Å²) in [5.74, 6) is 2.80. The fraction of sp³-hybridized carbons (Fsp3) is 0.722. The molecule has 0 radical (unpaired) electrons. The molecule has 3 heteroatoms. The van der Waals surface area contributed by atoms with Crippen LogP contribution in [0.2, 0.25) is 0 Å². The highest BCUT2D eigenvalue weighted by Crippen LogP contribution is 2.26. The van der Waals surface area contributed by atoms with Gasteiger partial charge in [-0.1, -0.05) is 27.2 Å².